The highest BCUT2D eigenvalue weighted by Crippen LogP contribution is 2.29. The van der Waals surface area contributed by atoms with Crippen LogP contribution in [0.1, 0.15) is 59.2 Å². The molecule has 0 heterocycles. The molecule has 2 heteroatoms. The van der Waals surface area contributed by atoms with E-state index in [1.165, 1.54) is 37.7 Å². The van der Waals surface area contributed by atoms with Crippen molar-refractivity contribution in [2.75, 3.05) is 5.75 Å². The molecule has 19 heavy (non-hydrogen) atoms. The van der Waals surface area contributed by atoms with Crippen molar-refractivity contribution in [3.05, 3.63) is 34.4 Å². The zero-order chi connectivity index (χ0) is 13.8. The fourth-order valence-corrected chi connectivity index (χ4v) is 4.32. The van der Waals surface area contributed by atoms with Gasteiger partial charge in [0.15, 0.2) is 5.78 Å². The lowest BCUT2D eigenvalue weighted by molar-refractivity contribution is 0.102. The van der Waals surface area contributed by atoms with Crippen LogP contribution in [0, 0.1) is 20.8 Å². The number of carbonyl (C=O) groups is 1. The van der Waals surface area contributed by atoms with Crippen molar-refractivity contribution in [2.24, 2.45) is 0 Å². The highest BCUT2D eigenvalue weighted by atomic mass is 32.2. The molecule has 1 aliphatic carbocycles. The second-order valence-corrected chi connectivity index (χ2v) is 7.06. The third kappa shape index (κ3) is 3.85. The van der Waals surface area contributed by atoms with Gasteiger partial charge in [-0.15, -0.1) is 0 Å². The Bertz CT molecular complexity index is 435. The van der Waals surface area contributed by atoms with Crippen LogP contribution in [0.25, 0.3) is 0 Å². The molecule has 0 atom stereocenters. The van der Waals surface area contributed by atoms with Gasteiger partial charge in [0, 0.05) is 10.8 Å². The Morgan fingerprint density at radius 1 is 1.11 bits per heavy atom. The lowest BCUT2D eigenvalue weighted by Gasteiger charge is -2.21. The van der Waals surface area contributed by atoms with Crippen LogP contribution in [-0.2, 0) is 0 Å². The molecule has 1 aromatic rings. The van der Waals surface area contributed by atoms with Gasteiger partial charge >= 0.3 is 0 Å². The first-order valence-corrected chi connectivity index (χ1v) is 8.35. The van der Waals surface area contributed by atoms with Gasteiger partial charge < -0.3 is 0 Å². The first-order valence-electron chi connectivity index (χ1n) is 7.30. The number of ketones is 1. The molecule has 0 radical (unpaired) electrons. The summed E-state index contributed by atoms with van der Waals surface area (Å²) in [5, 5.41) is 0.712. The van der Waals surface area contributed by atoms with E-state index in [4.69, 9.17) is 0 Å². The normalized spacial score (nSPS) is 16.6. The summed E-state index contributed by atoms with van der Waals surface area (Å²) in [5.41, 5.74) is 4.46. The van der Waals surface area contributed by atoms with Crippen molar-refractivity contribution in [2.45, 2.75) is 58.1 Å². The second-order valence-electron chi connectivity index (χ2n) is 5.77. The summed E-state index contributed by atoms with van der Waals surface area (Å²) in [6, 6.07) is 4.23. The van der Waals surface area contributed by atoms with Crippen LogP contribution in [0.15, 0.2) is 12.1 Å². The van der Waals surface area contributed by atoms with Crippen LogP contribution in [0.5, 0.6) is 0 Å². The largest absolute Gasteiger partial charge is 0.293 e. The Hall–Kier alpha value is -0.760. The van der Waals surface area contributed by atoms with Gasteiger partial charge in [-0.2, -0.15) is 11.8 Å². The number of Topliss-reactive ketones (excluding diaryl/α,β-unsaturated/α-hetero) is 1. The summed E-state index contributed by atoms with van der Waals surface area (Å²) in [7, 11) is 0. The van der Waals surface area contributed by atoms with E-state index in [0.717, 1.165) is 16.7 Å². The molecule has 2 rings (SSSR count). The smallest absolute Gasteiger partial charge is 0.173 e. The molecule has 0 N–H and O–H groups in total. The van der Waals surface area contributed by atoms with Crippen molar-refractivity contribution >= 4 is 17.5 Å². The second kappa shape index (κ2) is 6.60. The van der Waals surface area contributed by atoms with Crippen molar-refractivity contribution < 1.29 is 4.79 Å². The Labute approximate surface area is 121 Å². The molecule has 1 nitrogen and oxygen atoms in total. The van der Waals surface area contributed by atoms with Gasteiger partial charge in [0.05, 0.1) is 5.75 Å². The molecule has 0 spiro atoms. The number of hydrogen-bond acceptors (Lipinski definition) is 2. The molecule has 1 fully saturated rings. The van der Waals surface area contributed by atoms with E-state index in [-0.39, 0.29) is 0 Å². The average Bonchev–Trinajstić information content (AvgIpc) is 2.36. The van der Waals surface area contributed by atoms with Crippen molar-refractivity contribution in [3.8, 4) is 0 Å². The Kier molecular flexibility index (Phi) is 5.09. The first-order chi connectivity index (χ1) is 9.08. The number of benzene rings is 1. The number of hydrogen-bond donors (Lipinski definition) is 0. The van der Waals surface area contributed by atoms with Crippen LogP contribution in [-0.4, -0.2) is 16.8 Å². The van der Waals surface area contributed by atoms with Crippen molar-refractivity contribution in [3.63, 3.8) is 0 Å². The highest BCUT2D eigenvalue weighted by Gasteiger charge is 2.18. The summed E-state index contributed by atoms with van der Waals surface area (Å²) < 4.78 is 0. The van der Waals surface area contributed by atoms with Crippen molar-refractivity contribution in [1.82, 2.24) is 0 Å². The van der Waals surface area contributed by atoms with E-state index < -0.39 is 0 Å². The SMILES string of the molecule is Cc1cc(C)c(C(=O)CSC2CCCCC2)c(C)c1. The monoisotopic (exact) mass is 276 g/mol. The standard InChI is InChI=1S/C17H24OS/c1-12-9-13(2)17(14(3)10-12)16(18)11-19-15-7-5-4-6-8-15/h9-10,15H,4-8,11H2,1-3H3. The third-order valence-corrected chi connectivity index (χ3v) is 5.33. The van der Waals surface area contributed by atoms with E-state index in [9.17, 15) is 4.79 Å². The maximum atomic E-state index is 12.4. The van der Waals surface area contributed by atoms with Crippen LogP contribution < -0.4 is 0 Å². The van der Waals surface area contributed by atoms with E-state index in [1.54, 1.807) is 0 Å². The van der Waals surface area contributed by atoms with Gasteiger partial charge in [-0.3, -0.25) is 4.79 Å². The summed E-state index contributed by atoms with van der Waals surface area (Å²) in [4.78, 5) is 12.4. The molecular weight excluding hydrogens is 252 g/mol. The molecule has 1 aromatic carbocycles. The van der Waals surface area contributed by atoms with E-state index >= 15 is 0 Å². The first kappa shape index (κ1) is 14.6. The summed E-state index contributed by atoms with van der Waals surface area (Å²) in [6.07, 6.45) is 6.65. The highest BCUT2D eigenvalue weighted by molar-refractivity contribution is 8.00. The molecule has 0 aromatic heterocycles. The minimum absolute atomic E-state index is 0.311. The summed E-state index contributed by atoms with van der Waals surface area (Å²) in [5.74, 6) is 0.959. The number of carbonyl (C=O) groups excluding carboxylic acids is 1. The lowest BCUT2D eigenvalue weighted by atomic mass is 9.97. The minimum Gasteiger partial charge on any atom is -0.293 e. The van der Waals surface area contributed by atoms with Crippen LogP contribution in [0.3, 0.4) is 0 Å². The molecule has 104 valence electrons. The van der Waals surface area contributed by atoms with Gasteiger partial charge in [0.25, 0.3) is 0 Å². The zero-order valence-corrected chi connectivity index (χ0v) is 13.1. The molecule has 1 saturated carbocycles. The number of thioether (sulfide) groups is 1. The molecule has 0 saturated heterocycles. The fraction of sp³-hybridized carbons (Fsp3) is 0.588. The Morgan fingerprint density at radius 2 is 1.68 bits per heavy atom. The predicted octanol–water partition coefficient (Wildman–Crippen LogP) is 4.86. The van der Waals surface area contributed by atoms with E-state index in [1.807, 2.05) is 11.8 Å². The average molecular weight is 276 g/mol. The Morgan fingerprint density at radius 3 is 2.26 bits per heavy atom. The minimum atomic E-state index is 0.311. The summed E-state index contributed by atoms with van der Waals surface area (Å²) >= 11 is 1.87. The molecule has 0 bridgehead atoms. The molecule has 0 amide bonds. The zero-order valence-electron chi connectivity index (χ0n) is 12.3. The topological polar surface area (TPSA) is 17.1 Å². The summed E-state index contributed by atoms with van der Waals surface area (Å²) in [6.45, 7) is 6.20. The van der Waals surface area contributed by atoms with Gasteiger partial charge in [-0.1, -0.05) is 37.0 Å². The molecular formula is C17H24OS. The van der Waals surface area contributed by atoms with Crippen LogP contribution >= 0.6 is 11.8 Å². The number of aryl methyl sites for hydroxylation is 3. The van der Waals surface area contributed by atoms with Gasteiger partial charge in [0.2, 0.25) is 0 Å². The maximum absolute atomic E-state index is 12.4. The van der Waals surface area contributed by atoms with Gasteiger partial charge in [-0.25, -0.2) is 0 Å². The molecule has 0 aliphatic heterocycles. The fourth-order valence-electron chi connectivity index (χ4n) is 3.12. The van der Waals surface area contributed by atoms with Crippen LogP contribution in [0.2, 0.25) is 0 Å². The maximum Gasteiger partial charge on any atom is 0.173 e. The predicted molar refractivity (Wildman–Crippen MR) is 84.3 cm³/mol. The Balaban J connectivity index is 1.99. The quantitative estimate of drug-likeness (QED) is 0.730. The third-order valence-electron chi connectivity index (χ3n) is 3.96. The van der Waals surface area contributed by atoms with Gasteiger partial charge in [-0.05, 0) is 44.7 Å². The lowest BCUT2D eigenvalue weighted by Crippen LogP contribution is -2.14. The number of rotatable bonds is 4. The van der Waals surface area contributed by atoms with E-state index in [2.05, 4.69) is 32.9 Å². The van der Waals surface area contributed by atoms with Crippen LogP contribution in [0.4, 0.5) is 0 Å². The molecule has 0 unspecified atom stereocenters. The molecule has 1 aliphatic rings. The van der Waals surface area contributed by atoms with Gasteiger partial charge in [0.1, 0.15) is 0 Å². The van der Waals surface area contributed by atoms with E-state index in [0.29, 0.717) is 16.8 Å². The van der Waals surface area contributed by atoms with Crippen molar-refractivity contribution in [1.29, 1.82) is 0 Å².